The van der Waals surface area contributed by atoms with E-state index in [1.165, 1.54) is 11.3 Å². The molecule has 1 unspecified atom stereocenters. The first-order chi connectivity index (χ1) is 8.50. The summed E-state index contributed by atoms with van der Waals surface area (Å²) in [7, 11) is 0. The molecule has 1 amide bonds. The van der Waals surface area contributed by atoms with Crippen molar-refractivity contribution < 1.29 is 4.79 Å². The van der Waals surface area contributed by atoms with E-state index in [4.69, 9.17) is 0 Å². The highest BCUT2D eigenvalue weighted by atomic mass is 32.1. The molecule has 2 rings (SSSR count). The van der Waals surface area contributed by atoms with Crippen LogP contribution in [0.3, 0.4) is 0 Å². The maximum absolute atomic E-state index is 12.3. The number of rotatable bonds is 3. The minimum atomic E-state index is -0.382. The molecule has 1 aromatic heterocycles. The summed E-state index contributed by atoms with van der Waals surface area (Å²) in [5.41, 5.74) is -0.382. The van der Waals surface area contributed by atoms with E-state index in [0.717, 1.165) is 30.9 Å². The van der Waals surface area contributed by atoms with Crippen LogP contribution < -0.4 is 10.6 Å². The number of aromatic nitrogens is 2. The maximum atomic E-state index is 12.3. The van der Waals surface area contributed by atoms with Crippen LogP contribution in [0, 0.1) is 18.3 Å². The van der Waals surface area contributed by atoms with Crippen molar-refractivity contribution in [2.75, 3.05) is 18.4 Å². The van der Waals surface area contributed by atoms with Crippen molar-refractivity contribution in [3.05, 3.63) is 5.01 Å². The third-order valence-corrected chi connectivity index (χ3v) is 4.40. The maximum Gasteiger partial charge on any atom is 0.232 e. The first-order valence-electron chi connectivity index (χ1n) is 6.32. The van der Waals surface area contributed by atoms with Crippen LogP contribution in [-0.4, -0.2) is 29.2 Å². The summed E-state index contributed by atoms with van der Waals surface area (Å²) in [6.07, 6.45) is 2.24. The van der Waals surface area contributed by atoms with E-state index < -0.39 is 0 Å². The van der Waals surface area contributed by atoms with Gasteiger partial charge >= 0.3 is 0 Å². The number of anilines is 1. The molecule has 2 heterocycles. The number of nitrogens with zero attached hydrogens (tertiary/aromatic N) is 2. The Bertz CT molecular complexity index is 423. The van der Waals surface area contributed by atoms with Gasteiger partial charge in [0, 0.05) is 5.41 Å². The zero-order valence-corrected chi connectivity index (χ0v) is 11.9. The number of piperidine rings is 1. The largest absolute Gasteiger partial charge is 0.316 e. The van der Waals surface area contributed by atoms with Gasteiger partial charge < -0.3 is 10.6 Å². The Balaban J connectivity index is 2.02. The molecule has 1 aliphatic heterocycles. The number of amides is 1. The zero-order chi connectivity index (χ0) is 13.2. The molecule has 18 heavy (non-hydrogen) atoms. The van der Waals surface area contributed by atoms with E-state index in [9.17, 15) is 4.79 Å². The molecular weight excluding hydrogens is 248 g/mol. The summed E-state index contributed by atoms with van der Waals surface area (Å²) in [6, 6.07) is 0. The molecule has 0 bridgehead atoms. The van der Waals surface area contributed by atoms with Crippen LogP contribution >= 0.6 is 11.3 Å². The van der Waals surface area contributed by atoms with E-state index in [1.807, 2.05) is 20.8 Å². The predicted octanol–water partition coefficient (Wildman–Crippen LogP) is 1.81. The highest BCUT2D eigenvalue weighted by Gasteiger charge is 2.37. The summed E-state index contributed by atoms with van der Waals surface area (Å²) < 4.78 is 0. The van der Waals surface area contributed by atoms with E-state index in [2.05, 4.69) is 20.8 Å². The Hall–Kier alpha value is -1.01. The molecule has 0 saturated carbocycles. The molecule has 1 aromatic rings. The Morgan fingerprint density at radius 2 is 2.28 bits per heavy atom. The van der Waals surface area contributed by atoms with Gasteiger partial charge in [0.15, 0.2) is 0 Å². The fourth-order valence-electron chi connectivity index (χ4n) is 2.26. The van der Waals surface area contributed by atoms with E-state index >= 15 is 0 Å². The number of hydrogen-bond donors (Lipinski definition) is 2. The number of carbonyl (C=O) groups excluding carboxylic acids is 1. The molecular formula is C12H20N4OS. The van der Waals surface area contributed by atoms with Crippen LogP contribution in [0.4, 0.5) is 5.13 Å². The molecule has 100 valence electrons. The summed E-state index contributed by atoms with van der Waals surface area (Å²) in [6.45, 7) is 7.87. The van der Waals surface area contributed by atoms with Gasteiger partial charge in [-0.25, -0.2) is 0 Å². The molecule has 1 saturated heterocycles. The van der Waals surface area contributed by atoms with Gasteiger partial charge in [0.1, 0.15) is 5.01 Å². The van der Waals surface area contributed by atoms with Crippen molar-refractivity contribution in [3.8, 4) is 0 Å². The van der Waals surface area contributed by atoms with E-state index in [-0.39, 0.29) is 11.3 Å². The molecule has 0 spiro atoms. The smallest absolute Gasteiger partial charge is 0.232 e. The lowest BCUT2D eigenvalue weighted by Crippen LogP contribution is -2.44. The van der Waals surface area contributed by atoms with Crippen molar-refractivity contribution in [2.24, 2.45) is 11.3 Å². The van der Waals surface area contributed by atoms with Crippen LogP contribution in [0.15, 0.2) is 0 Å². The second-order valence-corrected chi connectivity index (χ2v) is 6.53. The van der Waals surface area contributed by atoms with E-state index in [0.29, 0.717) is 11.0 Å². The monoisotopic (exact) mass is 268 g/mol. The van der Waals surface area contributed by atoms with Crippen molar-refractivity contribution in [1.82, 2.24) is 15.5 Å². The van der Waals surface area contributed by atoms with Gasteiger partial charge in [-0.15, -0.1) is 10.2 Å². The topological polar surface area (TPSA) is 66.9 Å². The van der Waals surface area contributed by atoms with Crippen molar-refractivity contribution in [3.63, 3.8) is 0 Å². The molecule has 0 radical (unpaired) electrons. The third kappa shape index (κ3) is 2.87. The Morgan fingerprint density at radius 3 is 2.83 bits per heavy atom. The van der Waals surface area contributed by atoms with Crippen LogP contribution in [0.1, 0.15) is 31.7 Å². The summed E-state index contributed by atoms with van der Waals surface area (Å²) in [4.78, 5) is 12.3. The number of nitrogens with one attached hydrogen (secondary N) is 2. The SMILES string of the molecule is Cc1nnc(NC(=O)C(C)(C)C2CCCNC2)s1. The summed E-state index contributed by atoms with van der Waals surface area (Å²) in [5.74, 6) is 0.410. The molecule has 1 fully saturated rings. The molecule has 0 aromatic carbocycles. The van der Waals surface area contributed by atoms with Gasteiger partial charge in [0.2, 0.25) is 11.0 Å². The number of carbonyl (C=O) groups is 1. The lowest BCUT2D eigenvalue weighted by molar-refractivity contribution is -0.127. The second-order valence-electron chi connectivity index (χ2n) is 5.35. The molecule has 6 heteroatoms. The first kappa shape index (κ1) is 13.4. The standard InChI is InChI=1S/C12H20N4OS/c1-8-15-16-11(18-8)14-10(17)12(2,3)9-5-4-6-13-7-9/h9,13H,4-7H2,1-3H3,(H,14,16,17). The van der Waals surface area contributed by atoms with Crippen LogP contribution in [0.25, 0.3) is 0 Å². The molecule has 5 nitrogen and oxygen atoms in total. The highest BCUT2D eigenvalue weighted by molar-refractivity contribution is 7.15. The lowest BCUT2D eigenvalue weighted by Gasteiger charge is -2.35. The highest BCUT2D eigenvalue weighted by Crippen LogP contribution is 2.33. The average Bonchev–Trinajstić information content (AvgIpc) is 2.76. The fraction of sp³-hybridized carbons (Fsp3) is 0.750. The van der Waals surface area contributed by atoms with Crippen molar-refractivity contribution in [2.45, 2.75) is 33.6 Å². The normalized spacial score (nSPS) is 20.7. The van der Waals surface area contributed by atoms with Crippen molar-refractivity contribution in [1.29, 1.82) is 0 Å². The summed E-state index contributed by atoms with van der Waals surface area (Å²) in [5, 5.41) is 15.5. The zero-order valence-electron chi connectivity index (χ0n) is 11.1. The van der Waals surface area contributed by atoms with Gasteiger partial charge in [-0.2, -0.15) is 0 Å². The first-order valence-corrected chi connectivity index (χ1v) is 7.14. The predicted molar refractivity (Wildman–Crippen MR) is 72.7 cm³/mol. The molecule has 0 aliphatic carbocycles. The minimum absolute atomic E-state index is 0.0346. The number of aryl methyl sites for hydroxylation is 1. The van der Waals surface area contributed by atoms with Gasteiger partial charge in [0.05, 0.1) is 0 Å². The summed E-state index contributed by atoms with van der Waals surface area (Å²) >= 11 is 1.41. The molecule has 1 aliphatic rings. The third-order valence-electron chi connectivity index (χ3n) is 3.65. The average molecular weight is 268 g/mol. The Kier molecular flexibility index (Phi) is 3.97. The Labute approximate surface area is 111 Å². The van der Waals surface area contributed by atoms with Crippen molar-refractivity contribution >= 4 is 22.4 Å². The quantitative estimate of drug-likeness (QED) is 0.877. The van der Waals surface area contributed by atoms with Gasteiger partial charge in [-0.05, 0) is 38.8 Å². The van der Waals surface area contributed by atoms with Gasteiger partial charge in [-0.3, -0.25) is 4.79 Å². The Morgan fingerprint density at radius 1 is 1.50 bits per heavy atom. The van der Waals surface area contributed by atoms with Crippen LogP contribution in [0.5, 0.6) is 0 Å². The fourth-order valence-corrected chi connectivity index (χ4v) is 2.85. The second kappa shape index (κ2) is 5.32. The number of hydrogen-bond acceptors (Lipinski definition) is 5. The molecule has 2 N–H and O–H groups in total. The van der Waals surface area contributed by atoms with Gasteiger partial charge in [-0.1, -0.05) is 25.2 Å². The van der Waals surface area contributed by atoms with Crippen LogP contribution in [-0.2, 0) is 4.79 Å². The van der Waals surface area contributed by atoms with E-state index in [1.54, 1.807) is 0 Å². The molecule has 1 atom stereocenters. The van der Waals surface area contributed by atoms with Gasteiger partial charge in [0.25, 0.3) is 0 Å². The minimum Gasteiger partial charge on any atom is -0.316 e. The van der Waals surface area contributed by atoms with Crippen LogP contribution in [0.2, 0.25) is 0 Å². The lowest BCUT2D eigenvalue weighted by atomic mass is 9.74.